The van der Waals surface area contributed by atoms with Gasteiger partial charge in [0.25, 0.3) is 5.91 Å². The topological polar surface area (TPSA) is 69.0 Å². The molecule has 0 fully saturated rings. The Morgan fingerprint density at radius 3 is 2.95 bits per heavy atom. The summed E-state index contributed by atoms with van der Waals surface area (Å²) in [7, 11) is 1.80. The SMILES string of the molecule is CCOc1ccc2nc(NC(=O)c3cnn(C)c3C)sc2c1. The maximum Gasteiger partial charge on any atom is 0.260 e. The van der Waals surface area contributed by atoms with Gasteiger partial charge in [-0.25, -0.2) is 4.98 Å². The van der Waals surface area contributed by atoms with Crippen molar-refractivity contribution < 1.29 is 9.53 Å². The van der Waals surface area contributed by atoms with Crippen LogP contribution >= 0.6 is 11.3 Å². The first-order valence-corrected chi connectivity index (χ1v) is 7.73. The summed E-state index contributed by atoms with van der Waals surface area (Å²) < 4.78 is 8.12. The number of carbonyl (C=O) groups is 1. The van der Waals surface area contributed by atoms with Crippen molar-refractivity contribution >= 4 is 32.6 Å². The number of thiazole rings is 1. The van der Waals surface area contributed by atoms with Crippen LogP contribution in [-0.4, -0.2) is 27.3 Å². The van der Waals surface area contributed by atoms with Crippen molar-refractivity contribution in [1.82, 2.24) is 14.8 Å². The van der Waals surface area contributed by atoms with Crippen LogP contribution in [-0.2, 0) is 7.05 Å². The minimum Gasteiger partial charge on any atom is -0.494 e. The van der Waals surface area contributed by atoms with Gasteiger partial charge in [-0.15, -0.1) is 0 Å². The summed E-state index contributed by atoms with van der Waals surface area (Å²) in [6, 6.07) is 5.70. The third-order valence-corrected chi connectivity index (χ3v) is 4.30. The predicted molar refractivity (Wildman–Crippen MR) is 86.7 cm³/mol. The minimum atomic E-state index is -0.199. The highest BCUT2D eigenvalue weighted by Crippen LogP contribution is 2.29. The number of aryl methyl sites for hydroxylation is 1. The van der Waals surface area contributed by atoms with E-state index >= 15 is 0 Å². The van der Waals surface area contributed by atoms with Gasteiger partial charge in [-0.05, 0) is 32.0 Å². The van der Waals surface area contributed by atoms with Crippen molar-refractivity contribution in [3.05, 3.63) is 35.7 Å². The lowest BCUT2D eigenvalue weighted by Gasteiger charge is -2.00. The zero-order chi connectivity index (χ0) is 15.7. The van der Waals surface area contributed by atoms with Crippen molar-refractivity contribution in [2.45, 2.75) is 13.8 Å². The van der Waals surface area contributed by atoms with Gasteiger partial charge in [0.05, 0.1) is 28.6 Å². The van der Waals surface area contributed by atoms with E-state index in [4.69, 9.17) is 4.74 Å². The first kappa shape index (κ1) is 14.5. The molecule has 1 N–H and O–H groups in total. The van der Waals surface area contributed by atoms with Crippen molar-refractivity contribution in [1.29, 1.82) is 0 Å². The van der Waals surface area contributed by atoms with E-state index in [0.29, 0.717) is 17.3 Å². The lowest BCUT2D eigenvalue weighted by Crippen LogP contribution is -2.12. The molecule has 3 rings (SSSR count). The summed E-state index contributed by atoms with van der Waals surface area (Å²) >= 11 is 1.42. The average Bonchev–Trinajstić information content (AvgIpc) is 3.03. The van der Waals surface area contributed by atoms with Crippen molar-refractivity contribution in [2.24, 2.45) is 7.05 Å². The van der Waals surface area contributed by atoms with E-state index in [1.165, 1.54) is 11.3 Å². The Morgan fingerprint density at radius 2 is 2.27 bits per heavy atom. The highest BCUT2D eigenvalue weighted by Gasteiger charge is 2.15. The van der Waals surface area contributed by atoms with Gasteiger partial charge in [-0.2, -0.15) is 5.10 Å². The van der Waals surface area contributed by atoms with Crippen LogP contribution in [0.3, 0.4) is 0 Å². The summed E-state index contributed by atoms with van der Waals surface area (Å²) in [4.78, 5) is 16.7. The van der Waals surface area contributed by atoms with Crippen LogP contribution < -0.4 is 10.1 Å². The van der Waals surface area contributed by atoms with E-state index in [-0.39, 0.29) is 5.91 Å². The first-order chi connectivity index (χ1) is 10.6. The van der Waals surface area contributed by atoms with E-state index in [2.05, 4.69) is 15.4 Å². The van der Waals surface area contributed by atoms with Crippen molar-refractivity contribution in [3.8, 4) is 5.75 Å². The molecule has 0 saturated carbocycles. The van der Waals surface area contributed by atoms with Crippen LogP contribution in [0.2, 0.25) is 0 Å². The Bertz CT molecular complexity index is 837. The number of amides is 1. The molecule has 0 aliphatic heterocycles. The van der Waals surface area contributed by atoms with Gasteiger partial charge in [0.1, 0.15) is 5.75 Å². The molecule has 114 valence electrons. The van der Waals surface area contributed by atoms with Crippen LogP contribution in [0.4, 0.5) is 5.13 Å². The highest BCUT2D eigenvalue weighted by molar-refractivity contribution is 7.22. The number of hydrogen-bond donors (Lipinski definition) is 1. The molecule has 0 unspecified atom stereocenters. The molecule has 0 spiro atoms. The standard InChI is InChI=1S/C15H16N4O2S/c1-4-21-10-5-6-12-13(7-10)22-15(17-12)18-14(20)11-8-16-19(3)9(11)2/h5-8H,4H2,1-3H3,(H,17,18,20). The van der Waals surface area contributed by atoms with Crippen molar-refractivity contribution in [3.63, 3.8) is 0 Å². The van der Waals surface area contributed by atoms with Gasteiger partial charge < -0.3 is 4.74 Å². The minimum absolute atomic E-state index is 0.199. The fourth-order valence-corrected chi connectivity index (χ4v) is 2.99. The molecule has 0 radical (unpaired) electrons. The molecule has 1 aromatic carbocycles. The molecular formula is C15H16N4O2S. The molecule has 3 aromatic rings. The van der Waals surface area contributed by atoms with Crippen LogP contribution in [0, 0.1) is 6.92 Å². The van der Waals surface area contributed by atoms with E-state index in [1.54, 1.807) is 17.9 Å². The maximum absolute atomic E-state index is 12.3. The Morgan fingerprint density at radius 1 is 1.45 bits per heavy atom. The number of carbonyl (C=O) groups excluding carboxylic acids is 1. The second-order valence-electron chi connectivity index (χ2n) is 4.80. The van der Waals surface area contributed by atoms with Crippen LogP contribution in [0.15, 0.2) is 24.4 Å². The van der Waals surface area contributed by atoms with Gasteiger partial charge in [0.15, 0.2) is 5.13 Å². The molecule has 6 nitrogen and oxygen atoms in total. The molecule has 1 amide bonds. The van der Waals surface area contributed by atoms with Crippen molar-refractivity contribution in [2.75, 3.05) is 11.9 Å². The lowest BCUT2D eigenvalue weighted by molar-refractivity contribution is 0.102. The largest absolute Gasteiger partial charge is 0.494 e. The quantitative estimate of drug-likeness (QED) is 0.803. The van der Waals surface area contributed by atoms with Gasteiger partial charge >= 0.3 is 0 Å². The molecule has 0 bridgehead atoms. The van der Waals surface area contributed by atoms with E-state index < -0.39 is 0 Å². The smallest absolute Gasteiger partial charge is 0.260 e. The van der Waals surface area contributed by atoms with Crippen LogP contribution in [0.25, 0.3) is 10.2 Å². The van der Waals surface area contributed by atoms with Gasteiger partial charge in [0.2, 0.25) is 0 Å². The van der Waals surface area contributed by atoms with Gasteiger partial charge in [-0.3, -0.25) is 14.8 Å². The molecule has 0 saturated heterocycles. The van der Waals surface area contributed by atoms with Crippen LogP contribution in [0.5, 0.6) is 5.75 Å². The number of fused-ring (bicyclic) bond motifs is 1. The van der Waals surface area contributed by atoms with E-state index in [0.717, 1.165) is 21.7 Å². The zero-order valence-electron chi connectivity index (χ0n) is 12.6. The second kappa shape index (κ2) is 5.76. The average molecular weight is 316 g/mol. The Kier molecular flexibility index (Phi) is 3.81. The Labute approximate surface area is 131 Å². The summed E-state index contributed by atoms with van der Waals surface area (Å²) in [5.41, 5.74) is 2.21. The number of aromatic nitrogens is 3. The van der Waals surface area contributed by atoms with Gasteiger partial charge in [-0.1, -0.05) is 11.3 Å². The molecular weight excluding hydrogens is 300 g/mol. The first-order valence-electron chi connectivity index (χ1n) is 6.92. The maximum atomic E-state index is 12.3. The van der Waals surface area contributed by atoms with Crippen LogP contribution in [0.1, 0.15) is 23.0 Å². The lowest BCUT2D eigenvalue weighted by atomic mass is 10.2. The number of rotatable bonds is 4. The normalized spacial score (nSPS) is 10.9. The second-order valence-corrected chi connectivity index (χ2v) is 5.83. The highest BCUT2D eigenvalue weighted by atomic mass is 32.1. The monoisotopic (exact) mass is 316 g/mol. The van der Waals surface area contributed by atoms with E-state index in [1.807, 2.05) is 32.0 Å². The summed E-state index contributed by atoms with van der Waals surface area (Å²) in [5, 5.41) is 7.47. The molecule has 7 heteroatoms. The third kappa shape index (κ3) is 2.67. The molecule has 22 heavy (non-hydrogen) atoms. The summed E-state index contributed by atoms with van der Waals surface area (Å²) in [5.74, 6) is 0.606. The number of nitrogens with zero attached hydrogens (tertiary/aromatic N) is 3. The molecule has 2 aromatic heterocycles. The zero-order valence-corrected chi connectivity index (χ0v) is 13.4. The number of nitrogens with one attached hydrogen (secondary N) is 1. The summed E-state index contributed by atoms with van der Waals surface area (Å²) in [6.07, 6.45) is 1.56. The number of ether oxygens (including phenoxy) is 1. The number of hydrogen-bond acceptors (Lipinski definition) is 5. The fourth-order valence-electron chi connectivity index (χ4n) is 2.10. The van der Waals surface area contributed by atoms with Gasteiger partial charge in [0, 0.05) is 12.7 Å². The Balaban J connectivity index is 1.84. The fraction of sp³-hybridized carbons (Fsp3) is 0.267. The number of anilines is 1. The third-order valence-electron chi connectivity index (χ3n) is 3.37. The molecule has 0 aliphatic rings. The predicted octanol–water partition coefficient (Wildman–Crippen LogP) is 2.99. The molecule has 0 aliphatic carbocycles. The number of benzene rings is 1. The molecule has 0 atom stereocenters. The van der Waals surface area contributed by atoms with E-state index in [9.17, 15) is 4.79 Å². The summed E-state index contributed by atoms with van der Waals surface area (Å²) in [6.45, 7) is 4.42. The Hall–Kier alpha value is -2.41. The molecule has 2 heterocycles.